The Bertz CT molecular complexity index is 1250. The molecule has 2 aliphatic heterocycles. The molecule has 0 bridgehead atoms. The van der Waals surface area contributed by atoms with Gasteiger partial charge in [0, 0.05) is 43.7 Å². The lowest BCUT2D eigenvalue weighted by Gasteiger charge is -2.53. The molecule has 0 unspecified atom stereocenters. The van der Waals surface area contributed by atoms with E-state index in [1.54, 1.807) is 33.5 Å². The molecule has 36 heavy (non-hydrogen) atoms. The van der Waals surface area contributed by atoms with Gasteiger partial charge in [-0.15, -0.1) is 0 Å². The van der Waals surface area contributed by atoms with Crippen molar-refractivity contribution < 1.29 is 19.0 Å². The van der Waals surface area contributed by atoms with Gasteiger partial charge < -0.3 is 33.9 Å². The van der Waals surface area contributed by atoms with Gasteiger partial charge in [-0.25, -0.2) is 4.79 Å². The SMILES string of the molecule is CCN1c2cc(C)ccc2-n2cccc2C12CCN(C(=O)Nc1cc(OC)c(OC)c(OC)c1)CC2. The maximum atomic E-state index is 13.3. The van der Waals surface area contributed by atoms with Crippen molar-refractivity contribution in [2.24, 2.45) is 0 Å². The number of ether oxygens (including phenoxy) is 3. The van der Waals surface area contributed by atoms with Crippen LogP contribution in [0.4, 0.5) is 16.2 Å². The Kier molecular flexibility index (Phi) is 6.20. The largest absolute Gasteiger partial charge is 0.493 e. The highest BCUT2D eigenvalue weighted by Gasteiger charge is 2.47. The highest BCUT2D eigenvalue weighted by molar-refractivity contribution is 5.90. The van der Waals surface area contributed by atoms with Gasteiger partial charge >= 0.3 is 6.03 Å². The first-order chi connectivity index (χ1) is 17.4. The van der Waals surface area contributed by atoms with Crippen LogP contribution in [-0.4, -0.2) is 56.5 Å². The maximum Gasteiger partial charge on any atom is 0.321 e. The van der Waals surface area contributed by atoms with Gasteiger partial charge in [-0.3, -0.25) is 0 Å². The lowest BCUT2D eigenvalue weighted by molar-refractivity contribution is 0.160. The lowest BCUT2D eigenvalue weighted by Crippen LogP contribution is -2.57. The molecule has 3 aromatic rings. The fourth-order valence-electron chi connectivity index (χ4n) is 5.83. The van der Waals surface area contributed by atoms with E-state index in [1.807, 2.05) is 4.90 Å². The zero-order valence-electron chi connectivity index (χ0n) is 21.6. The number of carbonyl (C=O) groups excluding carboxylic acids is 1. The summed E-state index contributed by atoms with van der Waals surface area (Å²) in [6, 6.07) is 14.4. The number of fused-ring (bicyclic) bond motifs is 4. The molecule has 2 aliphatic rings. The number of amides is 2. The average Bonchev–Trinajstić information content (AvgIpc) is 3.39. The van der Waals surface area contributed by atoms with Gasteiger partial charge in [0.1, 0.15) is 0 Å². The molecule has 1 saturated heterocycles. The standard InChI is InChI=1S/C28H34N4O4/c1-6-32-22-16-19(2)9-10-21(22)31-13-7-8-25(31)28(32)11-14-30(15-12-28)27(33)29-20-17-23(34-3)26(36-5)24(18-20)35-4/h7-10,13,16-18H,6,11-12,14-15H2,1-5H3,(H,29,33). The summed E-state index contributed by atoms with van der Waals surface area (Å²) in [5, 5.41) is 3.02. The summed E-state index contributed by atoms with van der Waals surface area (Å²) in [6.45, 7) is 6.56. The van der Waals surface area contributed by atoms with Crippen LogP contribution in [0.2, 0.25) is 0 Å². The van der Waals surface area contributed by atoms with Crippen molar-refractivity contribution in [3.05, 3.63) is 59.9 Å². The molecule has 3 heterocycles. The minimum atomic E-state index is -0.150. The number of carbonyl (C=O) groups is 1. The Morgan fingerprint density at radius 2 is 1.67 bits per heavy atom. The Labute approximate surface area is 212 Å². The normalized spacial score (nSPS) is 15.8. The molecule has 0 saturated carbocycles. The lowest BCUT2D eigenvalue weighted by atomic mass is 9.80. The molecular formula is C28H34N4O4. The third-order valence-electron chi connectivity index (χ3n) is 7.53. The number of likely N-dealkylation sites (tertiary alicyclic amines) is 1. The Morgan fingerprint density at radius 1 is 0.972 bits per heavy atom. The number of aryl methyl sites for hydroxylation is 1. The molecule has 2 aromatic carbocycles. The second kappa shape index (κ2) is 9.33. The molecule has 0 radical (unpaired) electrons. The van der Waals surface area contributed by atoms with Crippen LogP contribution in [0.5, 0.6) is 17.2 Å². The molecule has 1 N–H and O–H groups in total. The molecule has 1 spiro atoms. The predicted octanol–water partition coefficient (Wildman–Crippen LogP) is 5.17. The van der Waals surface area contributed by atoms with Gasteiger partial charge in [0.15, 0.2) is 11.5 Å². The zero-order valence-corrected chi connectivity index (χ0v) is 21.6. The molecule has 0 aliphatic carbocycles. The number of nitrogens with one attached hydrogen (secondary N) is 1. The van der Waals surface area contributed by atoms with Crippen LogP contribution in [0.25, 0.3) is 5.69 Å². The van der Waals surface area contributed by atoms with E-state index in [9.17, 15) is 4.79 Å². The van der Waals surface area contributed by atoms with Crippen molar-refractivity contribution in [1.82, 2.24) is 9.47 Å². The topological polar surface area (TPSA) is 68.2 Å². The number of urea groups is 1. The quantitative estimate of drug-likeness (QED) is 0.534. The smallest absolute Gasteiger partial charge is 0.321 e. The van der Waals surface area contributed by atoms with E-state index >= 15 is 0 Å². The van der Waals surface area contributed by atoms with Crippen LogP contribution < -0.4 is 24.4 Å². The number of hydrogen-bond donors (Lipinski definition) is 1. The second-order valence-electron chi connectivity index (χ2n) is 9.36. The molecule has 8 heteroatoms. The molecule has 1 fully saturated rings. The first kappa shape index (κ1) is 23.9. The second-order valence-corrected chi connectivity index (χ2v) is 9.36. The summed E-state index contributed by atoms with van der Waals surface area (Å²) in [5.74, 6) is 1.49. The van der Waals surface area contributed by atoms with Crippen molar-refractivity contribution in [2.75, 3.05) is 51.2 Å². The third-order valence-corrected chi connectivity index (χ3v) is 7.53. The van der Waals surface area contributed by atoms with E-state index in [1.165, 1.54) is 22.6 Å². The molecule has 5 rings (SSSR count). The van der Waals surface area contributed by atoms with E-state index in [0.29, 0.717) is 36.0 Å². The van der Waals surface area contributed by atoms with E-state index < -0.39 is 0 Å². The number of aromatic nitrogens is 1. The van der Waals surface area contributed by atoms with Crippen molar-refractivity contribution in [3.63, 3.8) is 0 Å². The van der Waals surface area contributed by atoms with Crippen molar-refractivity contribution >= 4 is 17.4 Å². The molecule has 2 amide bonds. The summed E-state index contributed by atoms with van der Waals surface area (Å²) in [7, 11) is 4.68. The summed E-state index contributed by atoms with van der Waals surface area (Å²) >= 11 is 0. The third kappa shape index (κ3) is 3.72. The number of methoxy groups -OCH3 is 3. The van der Waals surface area contributed by atoms with Gasteiger partial charge in [-0.05, 0) is 56.5 Å². The van der Waals surface area contributed by atoms with Crippen LogP contribution in [0, 0.1) is 6.92 Å². The van der Waals surface area contributed by atoms with Crippen LogP contribution in [0.3, 0.4) is 0 Å². The Balaban J connectivity index is 1.38. The van der Waals surface area contributed by atoms with Gasteiger partial charge in [-0.1, -0.05) is 6.07 Å². The molecule has 1 aromatic heterocycles. The van der Waals surface area contributed by atoms with Crippen LogP contribution in [0.1, 0.15) is 31.0 Å². The van der Waals surface area contributed by atoms with Crippen molar-refractivity contribution in [3.8, 4) is 22.9 Å². The number of benzene rings is 2. The monoisotopic (exact) mass is 490 g/mol. The summed E-state index contributed by atoms with van der Waals surface area (Å²) in [5.41, 5.74) is 5.47. The van der Waals surface area contributed by atoms with E-state index in [4.69, 9.17) is 14.2 Å². The number of hydrogen-bond acceptors (Lipinski definition) is 5. The Morgan fingerprint density at radius 3 is 2.28 bits per heavy atom. The van der Waals surface area contributed by atoms with Gasteiger partial charge in [0.25, 0.3) is 0 Å². The molecule has 8 nitrogen and oxygen atoms in total. The maximum absolute atomic E-state index is 13.3. The number of piperidine rings is 1. The molecule has 190 valence electrons. The zero-order chi connectivity index (χ0) is 25.4. The highest BCUT2D eigenvalue weighted by Crippen LogP contribution is 2.48. The van der Waals surface area contributed by atoms with Crippen LogP contribution in [-0.2, 0) is 5.54 Å². The minimum absolute atomic E-state index is 0.135. The molecule has 0 atom stereocenters. The summed E-state index contributed by atoms with van der Waals surface area (Å²) in [6.07, 6.45) is 3.85. The minimum Gasteiger partial charge on any atom is -0.493 e. The van der Waals surface area contributed by atoms with Crippen molar-refractivity contribution in [2.45, 2.75) is 32.2 Å². The fraction of sp³-hybridized carbons (Fsp3) is 0.393. The van der Waals surface area contributed by atoms with Crippen LogP contribution >= 0.6 is 0 Å². The van der Waals surface area contributed by atoms with E-state index in [0.717, 1.165) is 19.4 Å². The van der Waals surface area contributed by atoms with Crippen molar-refractivity contribution in [1.29, 1.82) is 0 Å². The van der Waals surface area contributed by atoms with Crippen LogP contribution in [0.15, 0.2) is 48.7 Å². The van der Waals surface area contributed by atoms with Gasteiger partial charge in [0.05, 0.1) is 43.9 Å². The highest BCUT2D eigenvalue weighted by atomic mass is 16.5. The first-order valence-corrected chi connectivity index (χ1v) is 12.4. The van der Waals surface area contributed by atoms with Gasteiger partial charge in [0.2, 0.25) is 5.75 Å². The average molecular weight is 491 g/mol. The van der Waals surface area contributed by atoms with Gasteiger partial charge in [-0.2, -0.15) is 0 Å². The first-order valence-electron chi connectivity index (χ1n) is 12.4. The summed E-state index contributed by atoms with van der Waals surface area (Å²) in [4.78, 5) is 17.7. The molecular weight excluding hydrogens is 456 g/mol. The summed E-state index contributed by atoms with van der Waals surface area (Å²) < 4.78 is 18.6. The predicted molar refractivity (Wildman–Crippen MR) is 141 cm³/mol. The number of nitrogens with zero attached hydrogens (tertiary/aromatic N) is 3. The fourth-order valence-corrected chi connectivity index (χ4v) is 5.83. The number of anilines is 2. The van der Waals surface area contributed by atoms with E-state index in [2.05, 4.69) is 65.2 Å². The number of rotatable bonds is 5. The van der Waals surface area contributed by atoms with E-state index in [-0.39, 0.29) is 11.6 Å². The Hall–Kier alpha value is -3.81.